The molecular weight excluding hydrogens is 705 g/mol. The molecule has 0 N–H and O–H groups in total. The van der Waals surface area contributed by atoms with Gasteiger partial charge in [-0.15, -0.1) is 0 Å². The Kier molecular flexibility index (Phi) is 6.65. The average Bonchev–Trinajstić information content (AvgIpc) is 4.02. The molecular formula is C54H38N4. The van der Waals surface area contributed by atoms with Crippen molar-refractivity contribution in [1.82, 2.24) is 18.3 Å². The van der Waals surface area contributed by atoms with Crippen LogP contribution in [0.1, 0.15) is 25.3 Å². The number of hydrogen-bond acceptors (Lipinski definition) is 0. The van der Waals surface area contributed by atoms with E-state index in [0.717, 1.165) is 30.6 Å². The Morgan fingerprint density at radius 2 is 0.897 bits per heavy atom. The van der Waals surface area contributed by atoms with Crippen molar-refractivity contribution in [2.75, 3.05) is 0 Å². The van der Waals surface area contributed by atoms with Gasteiger partial charge in [-0.25, -0.2) is 0 Å². The largest absolute Gasteiger partial charge is 0.331 e. The van der Waals surface area contributed by atoms with Crippen molar-refractivity contribution < 1.29 is 0 Å². The summed E-state index contributed by atoms with van der Waals surface area (Å²) in [4.78, 5) is 0. The molecule has 11 aromatic rings. The van der Waals surface area contributed by atoms with Crippen LogP contribution in [0.3, 0.4) is 0 Å². The Morgan fingerprint density at radius 1 is 0.397 bits per heavy atom. The monoisotopic (exact) mass is 742 g/mol. The molecule has 1 unspecified atom stereocenters. The van der Waals surface area contributed by atoms with Gasteiger partial charge in [0.1, 0.15) is 0 Å². The molecule has 0 radical (unpaired) electrons. The van der Waals surface area contributed by atoms with E-state index >= 15 is 0 Å². The van der Waals surface area contributed by atoms with Crippen molar-refractivity contribution in [2.24, 2.45) is 0 Å². The Hall–Kier alpha value is -7.30. The zero-order valence-corrected chi connectivity index (χ0v) is 31.9. The second-order valence-electron chi connectivity index (χ2n) is 15.9. The van der Waals surface area contributed by atoms with Crippen molar-refractivity contribution in [1.29, 1.82) is 0 Å². The fourth-order valence-corrected chi connectivity index (χ4v) is 10.5. The molecule has 4 aromatic heterocycles. The smallest absolute Gasteiger partial charge is 0.0788 e. The molecule has 0 saturated carbocycles. The van der Waals surface area contributed by atoms with Crippen LogP contribution in [0.2, 0.25) is 0 Å². The molecule has 274 valence electrons. The van der Waals surface area contributed by atoms with E-state index in [1.807, 2.05) is 0 Å². The molecule has 0 spiro atoms. The molecule has 2 aliphatic carbocycles. The highest BCUT2D eigenvalue weighted by atomic mass is 15.1. The van der Waals surface area contributed by atoms with Crippen LogP contribution < -0.4 is 0 Å². The van der Waals surface area contributed by atoms with E-state index in [4.69, 9.17) is 0 Å². The minimum atomic E-state index is 0.219. The van der Waals surface area contributed by atoms with Crippen molar-refractivity contribution >= 4 is 92.9 Å². The normalized spacial score (nSPS) is 15.8. The summed E-state index contributed by atoms with van der Waals surface area (Å²) in [5.74, 6) is 0. The summed E-state index contributed by atoms with van der Waals surface area (Å²) in [6.07, 6.45) is 19.1. The fraction of sp³-hybridized carbons (Fsp3) is 0.0741. The highest BCUT2D eigenvalue weighted by Gasteiger charge is 2.25. The first-order chi connectivity index (χ1) is 28.8. The number of aromatic nitrogens is 4. The van der Waals surface area contributed by atoms with Gasteiger partial charge < -0.3 is 18.3 Å². The van der Waals surface area contributed by atoms with Gasteiger partial charge in [0.25, 0.3) is 0 Å². The Labute approximate surface area is 334 Å². The summed E-state index contributed by atoms with van der Waals surface area (Å²) < 4.78 is 10.2. The van der Waals surface area contributed by atoms with Gasteiger partial charge >= 0.3 is 0 Å². The van der Waals surface area contributed by atoms with Crippen LogP contribution in [0.25, 0.3) is 104 Å². The molecule has 13 rings (SSSR count). The number of allylic oxidation sites excluding steroid dienone is 8. The van der Waals surface area contributed by atoms with Gasteiger partial charge in [0.05, 0.1) is 44.7 Å². The van der Waals surface area contributed by atoms with E-state index < -0.39 is 0 Å². The quantitative estimate of drug-likeness (QED) is 0.171. The van der Waals surface area contributed by atoms with E-state index in [1.54, 1.807) is 0 Å². The van der Waals surface area contributed by atoms with Crippen molar-refractivity contribution in [3.63, 3.8) is 0 Å². The van der Waals surface area contributed by atoms with Crippen LogP contribution >= 0.6 is 0 Å². The van der Waals surface area contributed by atoms with Crippen LogP contribution in [0.4, 0.5) is 0 Å². The lowest BCUT2D eigenvalue weighted by Crippen LogP contribution is -2.08. The zero-order valence-electron chi connectivity index (χ0n) is 31.9. The van der Waals surface area contributed by atoms with E-state index in [-0.39, 0.29) is 6.04 Å². The molecule has 2 aliphatic rings. The number of para-hydroxylation sites is 4. The predicted molar refractivity (Wildman–Crippen MR) is 246 cm³/mol. The molecule has 4 heterocycles. The maximum Gasteiger partial charge on any atom is 0.0788 e. The third-order valence-corrected chi connectivity index (χ3v) is 12.8. The van der Waals surface area contributed by atoms with Crippen LogP contribution in [0.5, 0.6) is 0 Å². The third kappa shape index (κ3) is 4.29. The number of rotatable bonds is 4. The van der Waals surface area contributed by atoms with Gasteiger partial charge in [0.2, 0.25) is 0 Å². The van der Waals surface area contributed by atoms with E-state index in [2.05, 4.69) is 206 Å². The lowest BCUT2D eigenvalue weighted by Gasteiger charge is -2.20. The van der Waals surface area contributed by atoms with Gasteiger partial charge in [-0.1, -0.05) is 140 Å². The summed E-state index contributed by atoms with van der Waals surface area (Å²) >= 11 is 0. The van der Waals surface area contributed by atoms with Crippen LogP contribution in [0, 0.1) is 0 Å². The number of nitrogens with zero attached hydrogens (tertiary/aromatic N) is 4. The Morgan fingerprint density at radius 3 is 1.45 bits per heavy atom. The first-order valence-corrected chi connectivity index (χ1v) is 20.5. The Bertz CT molecular complexity index is 3660. The molecule has 0 aliphatic heterocycles. The minimum absolute atomic E-state index is 0.219. The summed E-state index contributed by atoms with van der Waals surface area (Å²) in [6.45, 7) is 0. The van der Waals surface area contributed by atoms with Crippen LogP contribution in [0.15, 0.2) is 188 Å². The number of benzene rings is 7. The molecule has 1 atom stereocenters. The van der Waals surface area contributed by atoms with E-state index in [1.165, 1.54) is 92.9 Å². The summed E-state index contributed by atoms with van der Waals surface area (Å²) in [5, 5.41) is 10.2. The topological polar surface area (TPSA) is 19.7 Å². The summed E-state index contributed by atoms with van der Waals surface area (Å²) in [7, 11) is 0. The predicted octanol–water partition coefficient (Wildman–Crippen LogP) is 14.3. The SMILES string of the molecule is C1=CCC(n2c3ccccc3c3ccc4c5ccccc5n(-c5cccc(-n6c7ccccc7c7ccc8c9ccccc9n(C9=CCCC=C9)c8c76)c5)c4c32)C=C1. The van der Waals surface area contributed by atoms with E-state index in [0.29, 0.717) is 0 Å². The highest BCUT2D eigenvalue weighted by Crippen LogP contribution is 2.45. The lowest BCUT2D eigenvalue weighted by molar-refractivity contribution is 0.648. The maximum atomic E-state index is 2.60. The molecule has 0 fully saturated rings. The fourth-order valence-electron chi connectivity index (χ4n) is 10.5. The van der Waals surface area contributed by atoms with Crippen molar-refractivity contribution in [2.45, 2.75) is 25.3 Å². The molecule has 4 nitrogen and oxygen atoms in total. The van der Waals surface area contributed by atoms with Crippen molar-refractivity contribution in [3.05, 3.63) is 188 Å². The second-order valence-corrected chi connectivity index (χ2v) is 15.9. The summed E-state index contributed by atoms with van der Waals surface area (Å²) in [6, 6.07) is 54.6. The first-order valence-electron chi connectivity index (χ1n) is 20.5. The second kappa shape index (κ2) is 12.1. The van der Waals surface area contributed by atoms with Gasteiger partial charge in [-0.05, 0) is 67.8 Å². The van der Waals surface area contributed by atoms with Crippen LogP contribution in [-0.4, -0.2) is 18.3 Å². The van der Waals surface area contributed by atoms with Gasteiger partial charge in [0, 0.05) is 65.7 Å². The van der Waals surface area contributed by atoms with E-state index in [9.17, 15) is 0 Å². The number of hydrogen-bond donors (Lipinski definition) is 0. The Balaban J connectivity index is 1.16. The third-order valence-electron chi connectivity index (χ3n) is 12.8. The molecule has 0 saturated heterocycles. The van der Waals surface area contributed by atoms with Gasteiger partial charge in [-0.3, -0.25) is 0 Å². The first kappa shape index (κ1) is 31.9. The standard InChI is InChI=1S/C54H38N4/c1-3-16-35(17-4-1)55-47-26-11-7-22-39(47)43-30-32-45-41-24-9-13-28-49(41)57(53(45)51(43)55)37-20-15-21-38(34-37)58-50-29-14-10-25-42(50)46-33-31-44-40-23-8-12-27-48(40)56(52(44)54(46)58)36-18-5-2-6-19-36/h1,3-5,7-16,18-35H,2,6,17H2. The van der Waals surface area contributed by atoms with Crippen LogP contribution in [-0.2, 0) is 0 Å². The van der Waals surface area contributed by atoms with Gasteiger partial charge in [-0.2, -0.15) is 0 Å². The zero-order chi connectivity index (χ0) is 37.9. The number of fused-ring (bicyclic) bond motifs is 14. The average molecular weight is 743 g/mol. The lowest BCUT2D eigenvalue weighted by atomic mass is 10.1. The van der Waals surface area contributed by atoms with Crippen molar-refractivity contribution in [3.8, 4) is 11.4 Å². The molecule has 0 amide bonds. The maximum absolute atomic E-state index is 2.60. The summed E-state index contributed by atoms with van der Waals surface area (Å²) in [5.41, 5.74) is 13.4. The molecule has 7 aromatic carbocycles. The molecule has 4 heteroatoms. The highest BCUT2D eigenvalue weighted by molar-refractivity contribution is 6.25. The van der Waals surface area contributed by atoms with Gasteiger partial charge in [0.15, 0.2) is 0 Å². The molecule has 0 bridgehead atoms. The minimum Gasteiger partial charge on any atom is -0.331 e. The molecule has 58 heavy (non-hydrogen) atoms.